The van der Waals surface area contributed by atoms with Gasteiger partial charge >= 0.3 is 0 Å². The summed E-state index contributed by atoms with van der Waals surface area (Å²) >= 11 is 0. The SMILES string of the molecule is C=C(C)/C(C)=N/C1C(N(C)C)[N+]12CCCC2. The van der Waals surface area contributed by atoms with E-state index < -0.39 is 0 Å². The maximum Gasteiger partial charge on any atom is 0.251 e. The fraction of sp³-hybridized carbons (Fsp3) is 0.769. The lowest BCUT2D eigenvalue weighted by Crippen LogP contribution is -2.32. The summed E-state index contributed by atoms with van der Waals surface area (Å²) in [4.78, 5) is 7.21. The van der Waals surface area contributed by atoms with Crippen molar-refractivity contribution in [3.05, 3.63) is 12.2 Å². The first-order valence-corrected chi connectivity index (χ1v) is 6.22. The van der Waals surface area contributed by atoms with E-state index >= 15 is 0 Å². The summed E-state index contributed by atoms with van der Waals surface area (Å²) in [5, 5.41) is 0. The third-order valence-electron chi connectivity index (χ3n) is 4.10. The van der Waals surface area contributed by atoms with Gasteiger partial charge in [-0.05, 0) is 33.5 Å². The molecule has 0 radical (unpaired) electrons. The Morgan fingerprint density at radius 3 is 2.25 bits per heavy atom. The van der Waals surface area contributed by atoms with E-state index in [0.717, 1.165) is 11.3 Å². The van der Waals surface area contributed by atoms with Crippen molar-refractivity contribution in [3.63, 3.8) is 0 Å². The molecule has 2 saturated heterocycles. The van der Waals surface area contributed by atoms with E-state index in [0.29, 0.717) is 12.3 Å². The second kappa shape index (κ2) is 3.97. The molecule has 2 rings (SSSR count). The minimum Gasteiger partial charge on any atom is -0.274 e. The van der Waals surface area contributed by atoms with E-state index in [1.807, 2.05) is 6.92 Å². The van der Waals surface area contributed by atoms with E-state index in [9.17, 15) is 0 Å². The molecule has 0 amide bonds. The molecule has 0 saturated carbocycles. The van der Waals surface area contributed by atoms with Crippen molar-refractivity contribution in [2.24, 2.45) is 4.99 Å². The van der Waals surface area contributed by atoms with Gasteiger partial charge in [0.15, 0.2) is 0 Å². The van der Waals surface area contributed by atoms with Crippen LogP contribution in [0.15, 0.2) is 17.1 Å². The highest BCUT2D eigenvalue weighted by Crippen LogP contribution is 2.46. The minimum absolute atomic E-state index is 0.467. The van der Waals surface area contributed by atoms with Gasteiger partial charge < -0.3 is 0 Å². The van der Waals surface area contributed by atoms with E-state index in [1.54, 1.807) is 0 Å². The van der Waals surface area contributed by atoms with Crippen LogP contribution >= 0.6 is 0 Å². The molecule has 0 aromatic rings. The zero-order chi connectivity index (χ0) is 11.9. The number of likely N-dealkylation sites (N-methyl/N-ethyl adjacent to an activating group) is 1. The summed E-state index contributed by atoms with van der Waals surface area (Å²) in [6, 6.07) is 0. The van der Waals surface area contributed by atoms with Gasteiger partial charge in [0.2, 0.25) is 6.17 Å². The lowest BCUT2D eigenvalue weighted by atomic mass is 10.2. The molecule has 1 spiro atoms. The highest BCUT2D eigenvalue weighted by atomic mass is 15.7. The van der Waals surface area contributed by atoms with Crippen molar-refractivity contribution in [1.82, 2.24) is 4.90 Å². The molecular weight excluding hydrogens is 198 g/mol. The number of rotatable bonds is 3. The average Bonchev–Trinajstić information content (AvgIpc) is 2.56. The maximum atomic E-state index is 4.87. The van der Waals surface area contributed by atoms with Crippen molar-refractivity contribution in [2.75, 3.05) is 27.2 Å². The Morgan fingerprint density at radius 1 is 1.25 bits per heavy atom. The summed E-state index contributed by atoms with van der Waals surface area (Å²) in [6.45, 7) is 10.7. The van der Waals surface area contributed by atoms with Gasteiger partial charge in [-0.3, -0.25) is 9.38 Å². The Hall–Kier alpha value is -0.670. The van der Waals surface area contributed by atoms with Gasteiger partial charge in [-0.1, -0.05) is 6.58 Å². The summed E-state index contributed by atoms with van der Waals surface area (Å²) in [6.07, 6.45) is 3.80. The second-order valence-electron chi connectivity index (χ2n) is 5.54. The largest absolute Gasteiger partial charge is 0.274 e. The van der Waals surface area contributed by atoms with Crippen LogP contribution in [0.2, 0.25) is 0 Å². The molecule has 16 heavy (non-hydrogen) atoms. The molecule has 2 aliphatic rings. The van der Waals surface area contributed by atoms with Gasteiger partial charge in [0.05, 0.1) is 13.1 Å². The molecule has 2 fully saturated rings. The number of hydrogen-bond acceptors (Lipinski definition) is 2. The topological polar surface area (TPSA) is 15.6 Å². The number of hydrogen-bond donors (Lipinski definition) is 0. The molecule has 0 N–H and O–H groups in total. The predicted molar refractivity (Wildman–Crippen MR) is 68.4 cm³/mol. The van der Waals surface area contributed by atoms with Crippen LogP contribution in [0.25, 0.3) is 0 Å². The van der Waals surface area contributed by atoms with Crippen LogP contribution in [-0.2, 0) is 0 Å². The Kier molecular flexibility index (Phi) is 2.93. The first-order chi connectivity index (χ1) is 7.49. The molecular formula is C13H24N3+. The Labute approximate surface area is 99.0 Å². The zero-order valence-electron chi connectivity index (χ0n) is 11.0. The summed E-state index contributed by atoms with van der Waals surface area (Å²) in [7, 11) is 4.35. The molecule has 0 aromatic carbocycles. The van der Waals surface area contributed by atoms with Gasteiger partial charge in [0, 0.05) is 18.6 Å². The van der Waals surface area contributed by atoms with Crippen molar-refractivity contribution in [1.29, 1.82) is 0 Å². The smallest absolute Gasteiger partial charge is 0.251 e. The first kappa shape index (κ1) is 11.8. The predicted octanol–water partition coefficient (Wildman–Crippen LogP) is 1.86. The highest BCUT2D eigenvalue weighted by molar-refractivity contribution is 5.97. The van der Waals surface area contributed by atoms with Gasteiger partial charge in [-0.2, -0.15) is 0 Å². The van der Waals surface area contributed by atoms with E-state index in [4.69, 9.17) is 4.99 Å². The highest BCUT2D eigenvalue weighted by Gasteiger charge is 2.68. The van der Waals surface area contributed by atoms with Crippen LogP contribution < -0.4 is 0 Å². The monoisotopic (exact) mass is 222 g/mol. The lowest BCUT2D eigenvalue weighted by Gasteiger charge is -2.14. The van der Waals surface area contributed by atoms with Crippen LogP contribution in [-0.4, -0.2) is 54.6 Å². The van der Waals surface area contributed by atoms with Crippen LogP contribution in [0.1, 0.15) is 26.7 Å². The third kappa shape index (κ3) is 1.72. The van der Waals surface area contributed by atoms with Gasteiger partial charge in [0.25, 0.3) is 6.17 Å². The molecule has 3 heteroatoms. The zero-order valence-corrected chi connectivity index (χ0v) is 11.0. The van der Waals surface area contributed by atoms with Gasteiger partial charge in [0.1, 0.15) is 0 Å². The van der Waals surface area contributed by atoms with Crippen molar-refractivity contribution in [3.8, 4) is 0 Å². The lowest BCUT2D eigenvalue weighted by molar-refractivity contribution is -0.819. The second-order valence-corrected chi connectivity index (χ2v) is 5.54. The van der Waals surface area contributed by atoms with Gasteiger partial charge in [-0.15, -0.1) is 0 Å². The molecule has 2 heterocycles. The molecule has 2 unspecified atom stereocenters. The molecule has 2 atom stereocenters. The van der Waals surface area contributed by atoms with Crippen LogP contribution in [0.4, 0.5) is 0 Å². The number of allylic oxidation sites excluding steroid dienone is 1. The molecule has 0 aliphatic carbocycles. The summed E-state index contributed by atoms with van der Waals surface area (Å²) in [5.41, 5.74) is 2.22. The Balaban J connectivity index is 2.16. The van der Waals surface area contributed by atoms with E-state index in [1.165, 1.54) is 30.4 Å². The molecule has 0 aromatic heterocycles. The normalized spacial score (nSPS) is 32.4. The number of nitrogens with zero attached hydrogens (tertiary/aromatic N) is 3. The first-order valence-electron chi connectivity index (χ1n) is 6.22. The van der Waals surface area contributed by atoms with Crippen molar-refractivity contribution < 1.29 is 4.48 Å². The van der Waals surface area contributed by atoms with Crippen molar-refractivity contribution >= 4 is 5.71 Å². The summed E-state index contributed by atoms with van der Waals surface area (Å²) in [5.74, 6) is 0. The summed E-state index contributed by atoms with van der Waals surface area (Å²) < 4.78 is 1.21. The molecule has 3 nitrogen and oxygen atoms in total. The van der Waals surface area contributed by atoms with E-state index in [2.05, 4.69) is 32.5 Å². The quantitative estimate of drug-likeness (QED) is 0.404. The Bertz CT molecular complexity index is 324. The van der Waals surface area contributed by atoms with E-state index in [-0.39, 0.29) is 0 Å². The third-order valence-corrected chi connectivity index (χ3v) is 4.10. The van der Waals surface area contributed by atoms with Crippen molar-refractivity contribution in [2.45, 2.75) is 39.0 Å². The Morgan fingerprint density at radius 2 is 1.81 bits per heavy atom. The van der Waals surface area contributed by atoms with Crippen LogP contribution in [0.5, 0.6) is 0 Å². The molecule has 0 bridgehead atoms. The van der Waals surface area contributed by atoms with Crippen LogP contribution in [0.3, 0.4) is 0 Å². The fourth-order valence-electron chi connectivity index (χ4n) is 3.06. The fourth-order valence-corrected chi connectivity index (χ4v) is 3.06. The maximum absolute atomic E-state index is 4.87. The average molecular weight is 222 g/mol. The minimum atomic E-state index is 0.467. The number of aliphatic imine (C=N–C) groups is 1. The molecule has 90 valence electrons. The standard InChI is InChI=1S/C13H24N3/c1-10(2)11(3)14-12-13(15(4)5)16(12)8-6-7-9-16/h12-13H,1,6-9H2,2-5H3/q+1/b14-11+. The van der Waals surface area contributed by atoms with Crippen LogP contribution in [0, 0.1) is 0 Å². The van der Waals surface area contributed by atoms with Gasteiger partial charge in [-0.25, -0.2) is 4.99 Å². The molecule has 2 aliphatic heterocycles. The number of quaternary nitrogens is 1.